The van der Waals surface area contributed by atoms with Gasteiger partial charge in [-0.2, -0.15) is 10.1 Å². The third kappa shape index (κ3) is 8.01. The zero-order valence-corrected chi connectivity index (χ0v) is 25.7. The fourth-order valence-electron chi connectivity index (χ4n) is 5.50. The van der Waals surface area contributed by atoms with Crippen molar-refractivity contribution in [1.82, 2.24) is 30.0 Å². The van der Waals surface area contributed by atoms with Crippen LogP contribution in [0.3, 0.4) is 0 Å². The van der Waals surface area contributed by atoms with Crippen molar-refractivity contribution < 1.29 is 4.74 Å². The highest BCUT2D eigenvalue weighted by Gasteiger charge is 2.29. The molecule has 4 heterocycles. The van der Waals surface area contributed by atoms with Crippen molar-refractivity contribution in [2.75, 3.05) is 69.2 Å². The molecule has 0 spiro atoms. The van der Waals surface area contributed by atoms with Crippen molar-refractivity contribution in [3.05, 3.63) is 17.8 Å². The van der Waals surface area contributed by atoms with Gasteiger partial charge in [0.25, 0.3) is 0 Å². The van der Waals surface area contributed by atoms with Gasteiger partial charge in [-0.05, 0) is 50.6 Å². The Kier molecular flexibility index (Phi) is 10.9. The summed E-state index contributed by atoms with van der Waals surface area (Å²) in [6.45, 7) is 22.4. The summed E-state index contributed by atoms with van der Waals surface area (Å²) in [7, 11) is 0. The number of nitrogens with one attached hydrogen (secondary N) is 2. The minimum absolute atomic E-state index is 0.312. The van der Waals surface area contributed by atoms with Gasteiger partial charge < -0.3 is 20.3 Å². The van der Waals surface area contributed by atoms with E-state index in [1.807, 2.05) is 11.6 Å². The van der Waals surface area contributed by atoms with Gasteiger partial charge in [-0.25, -0.2) is 4.98 Å². The summed E-state index contributed by atoms with van der Waals surface area (Å²) >= 11 is 0. The lowest BCUT2D eigenvalue weighted by Gasteiger charge is -2.37. The SMILES string of the molecule is CCN=C(/C=C\C(C)CC)Nc1nc(N2CCNCC2)nc2c(CN3CCCC(C)(C)C3)nn(CCOCC)c12. The molecule has 2 aliphatic rings. The molecular weight excluding hydrogens is 502 g/mol. The number of piperidine rings is 1. The Hall–Kier alpha value is -2.56. The lowest BCUT2D eigenvalue weighted by molar-refractivity contribution is 0.110. The largest absolute Gasteiger partial charge is 0.380 e. The van der Waals surface area contributed by atoms with E-state index in [1.165, 1.54) is 12.8 Å². The second-order valence-electron chi connectivity index (χ2n) is 11.9. The molecule has 1 atom stereocenters. The molecule has 2 N–H and O–H groups in total. The van der Waals surface area contributed by atoms with Crippen LogP contribution in [0.4, 0.5) is 11.8 Å². The molecule has 0 amide bonds. The average Bonchev–Trinajstić information content (AvgIpc) is 3.28. The van der Waals surface area contributed by atoms with Gasteiger partial charge in [-0.3, -0.25) is 14.6 Å². The molecule has 2 aliphatic heterocycles. The van der Waals surface area contributed by atoms with Crippen molar-refractivity contribution >= 4 is 28.6 Å². The van der Waals surface area contributed by atoms with Crippen LogP contribution in [-0.4, -0.2) is 89.5 Å². The summed E-state index contributed by atoms with van der Waals surface area (Å²) < 4.78 is 7.79. The number of amidine groups is 1. The Morgan fingerprint density at radius 3 is 2.67 bits per heavy atom. The molecule has 0 radical (unpaired) electrons. The number of fused-ring (bicyclic) bond motifs is 1. The number of aliphatic imine (C=N–C) groups is 1. The Labute approximate surface area is 240 Å². The predicted molar refractivity (Wildman–Crippen MR) is 165 cm³/mol. The van der Waals surface area contributed by atoms with E-state index in [1.54, 1.807) is 0 Å². The Morgan fingerprint density at radius 2 is 1.98 bits per heavy atom. The van der Waals surface area contributed by atoms with Crippen LogP contribution < -0.4 is 15.5 Å². The summed E-state index contributed by atoms with van der Waals surface area (Å²) in [4.78, 5) is 19.9. The van der Waals surface area contributed by atoms with Crippen LogP contribution in [-0.2, 0) is 17.8 Å². The van der Waals surface area contributed by atoms with Gasteiger partial charge in [-0.15, -0.1) is 0 Å². The van der Waals surface area contributed by atoms with Gasteiger partial charge in [0.2, 0.25) is 5.95 Å². The molecule has 4 rings (SSSR count). The highest BCUT2D eigenvalue weighted by Crippen LogP contribution is 2.32. The molecule has 0 aliphatic carbocycles. The Balaban J connectivity index is 1.80. The molecule has 0 aromatic carbocycles. The minimum Gasteiger partial charge on any atom is -0.380 e. The molecule has 222 valence electrons. The van der Waals surface area contributed by atoms with E-state index in [9.17, 15) is 0 Å². The second-order valence-corrected chi connectivity index (χ2v) is 11.9. The first-order valence-electron chi connectivity index (χ1n) is 15.4. The first-order valence-corrected chi connectivity index (χ1v) is 15.4. The maximum absolute atomic E-state index is 5.75. The van der Waals surface area contributed by atoms with E-state index < -0.39 is 0 Å². The molecule has 0 bridgehead atoms. The van der Waals surface area contributed by atoms with Crippen molar-refractivity contribution in [2.45, 2.75) is 73.9 Å². The summed E-state index contributed by atoms with van der Waals surface area (Å²) in [5.41, 5.74) is 3.17. The zero-order valence-electron chi connectivity index (χ0n) is 25.7. The highest BCUT2D eigenvalue weighted by molar-refractivity contribution is 6.07. The van der Waals surface area contributed by atoms with Crippen LogP contribution in [0.25, 0.3) is 11.0 Å². The third-order valence-corrected chi connectivity index (χ3v) is 7.85. The van der Waals surface area contributed by atoms with Gasteiger partial charge in [0, 0.05) is 52.4 Å². The van der Waals surface area contributed by atoms with Crippen LogP contribution >= 0.6 is 0 Å². The molecule has 2 aromatic heterocycles. The maximum Gasteiger partial charge on any atom is 0.228 e. The van der Waals surface area contributed by atoms with E-state index >= 15 is 0 Å². The lowest BCUT2D eigenvalue weighted by atomic mass is 9.84. The summed E-state index contributed by atoms with van der Waals surface area (Å²) in [6.07, 6.45) is 7.87. The topological polar surface area (TPSA) is 95.7 Å². The van der Waals surface area contributed by atoms with Crippen LogP contribution in [0.1, 0.15) is 66.5 Å². The van der Waals surface area contributed by atoms with Gasteiger partial charge in [0.05, 0.1) is 13.2 Å². The van der Waals surface area contributed by atoms with Gasteiger partial charge in [0.15, 0.2) is 5.82 Å². The summed E-state index contributed by atoms with van der Waals surface area (Å²) in [6, 6.07) is 0. The number of allylic oxidation sites excluding steroid dienone is 1. The van der Waals surface area contributed by atoms with Crippen LogP contribution in [0.5, 0.6) is 0 Å². The highest BCUT2D eigenvalue weighted by atomic mass is 16.5. The lowest BCUT2D eigenvalue weighted by Crippen LogP contribution is -2.44. The van der Waals surface area contributed by atoms with Crippen LogP contribution in [0.15, 0.2) is 17.1 Å². The van der Waals surface area contributed by atoms with Crippen molar-refractivity contribution in [2.24, 2.45) is 16.3 Å². The third-order valence-electron chi connectivity index (χ3n) is 7.85. The predicted octanol–water partition coefficient (Wildman–Crippen LogP) is 4.33. The van der Waals surface area contributed by atoms with Gasteiger partial charge in [0.1, 0.15) is 22.6 Å². The standard InChI is InChI=1S/C30H51N9O/c1-7-23(4)11-12-25(32-8-2)33-28-27-26(34-29(35-28)38-17-14-31-15-18-38)24(36-39(27)19-20-40-9-3)21-37-16-10-13-30(5,6)22-37/h11-12,23,31H,7-10,13-22H2,1-6H3,(H,32,33,34,35)/b12-11-. The average molecular weight is 554 g/mol. The fourth-order valence-corrected chi connectivity index (χ4v) is 5.50. The van der Waals surface area contributed by atoms with Gasteiger partial charge in [-0.1, -0.05) is 40.2 Å². The first kappa shape index (κ1) is 30.4. The van der Waals surface area contributed by atoms with Crippen molar-refractivity contribution in [3.63, 3.8) is 0 Å². The number of piperazine rings is 1. The summed E-state index contributed by atoms with van der Waals surface area (Å²) in [5.74, 6) is 2.80. The molecular formula is C30H51N9O. The number of likely N-dealkylation sites (tertiary alicyclic amines) is 1. The number of hydrogen-bond acceptors (Lipinski definition) is 8. The molecule has 10 nitrogen and oxygen atoms in total. The Morgan fingerprint density at radius 1 is 1.18 bits per heavy atom. The molecule has 0 saturated carbocycles. The van der Waals surface area contributed by atoms with E-state index in [-0.39, 0.29) is 0 Å². The van der Waals surface area contributed by atoms with E-state index in [4.69, 9.17) is 24.8 Å². The molecule has 2 aromatic rings. The molecule has 2 fully saturated rings. The van der Waals surface area contributed by atoms with Crippen LogP contribution in [0, 0.1) is 11.3 Å². The van der Waals surface area contributed by atoms with Crippen molar-refractivity contribution in [3.8, 4) is 0 Å². The minimum atomic E-state index is 0.312. The molecule has 40 heavy (non-hydrogen) atoms. The number of ether oxygens (including phenoxy) is 1. The normalized spacial score (nSPS) is 19.6. The summed E-state index contributed by atoms with van der Waals surface area (Å²) in [5, 5.41) is 12.2. The van der Waals surface area contributed by atoms with E-state index in [2.05, 4.69) is 67.2 Å². The monoisotopic (exact) mass is 553 g/mol. The molecule has 10 heteroatoms. The maximum atomic E-state index is 5.75. The van der Waals surface area contributed by atoms with E-state index in [0.717, 1.165) is 86.6 Å². The van der Waals surface area contributed by atoms with Gasteiger partial charge >= 0.3 is 0 Å². The molecule has 2 saturated heterocycles. The molecule has 1 unspecified atom stereocenters. The number of aromatic nitrogens is 4. The van der Waals surface area contributed by atoms with Crippen LogP contribution in [0.2, 0.25) is 0 Å². The zero-order chi connectivity index (χ0) is 28.5. The second kappa shape index (κ2) is 14.4. The first-order chi connectivity index (χ1) is 19.3. The smallest absolute Gasteiger partial charge is 0.228 e. The number of hydrogen-bond donors (Lipinski definition) is 2. The quantitative estimate of drug-likeness (QED) is 0.228. The number of rotatable bonds is 12. The van der Waals surface area contributed by atoms with E-state index in [0.29, 0.717) is 37.6 Å². The Bertz CT molecular complexity index is 1150. The number of anilines is 2. The van der Waals surface area contributed by atoms with Crippen molar-refractivity contribution in [1.29, 1.82) is 0 Å². The number of nitrogens with zero attached hydrogens (tertiary/aromatic N) is 7. The fraction of sp³-hybridized carbons (Fsp3) is 0.733.